The monoisotopic (exact) mass is 840 g/mol. The number of aliphatic hydroxyl groups excluding tert-OH is 7. The van der Waals surface area contributed by atoms with Crippen molar-refractivity contribution in [3.63, 3.8) is 0 Å². The van der Waals surface area contributed by atoms with Crippen LogP contribution in [0, 0.1) is 0 Å². The van der Waals surface area contributed by atoms with Crippen LogP contribution in [0.3, 0.4) is 0 Å². The maximum Gasteiger partial charge on any atom is 0.472 e. The standard InChI is InChI=1S/C43H86NO12P/c1-3-5-7-8-9-10-11-12-13-14-15-16-17-18-19-20-21-22-23-24-25-26-27-29-30-34(45)32-37(47)44-35(36(46)31-28-6-4-2)33-55-57(53,54)56-43-41(51)39(49)38(48)40(50)42(43)52/h34-36,38-43,45-46,48-52H,3-33H2,1-2H3,(H,44,47)(H,53,54). The number of nitrogens with one attached hydrogen (secondary N) is 1. The number of carbonyl (C=O) groups excluding carboxylic acids is 1. The molecule has 0 aromatic rings. The highest BCUT2D eigenvalue weighted by Gasteiger charge is 2.51. The van der Waals surface area contributed by atoms with Gasteiger partial charge in [-0.2, -0.15) is 0 Å². The lowest BCUT2D eigenvalue weighted by molar-refractivity contribution is -0.220. The third-order valence-corrected chi connectivity index (χ3v) is 12.5. The molecule has 0 aromatic heterocycles. The summed E-state index contributed by atoms with van der Waals surface area (Å²) in [5, 5.41) is 73.7. The number of rotatable bonds is 38. The van der Waals surface area contributed by atoms with Crippen LogP contribution < -0.4 is 5.32 Å². The third-order valence-electron chi connectivity index (χ3n) is 11.5. The van der Waals surface area contributed by atoms with Gasteiger partial charge >= 0.3 is 7.82 Å². The van der Waals surface area contributed by atoms with E-state index in [1.54, 1.807) is 0 Å². The van der Waals surface area contributed by atoms with Crippen molar-refractivity contribution >= 4 is 13.7 Å². The molecule has 13 nitrogen and oxygen atoms in total. The van der Waals surface area contributed by atoms with Crippen molar-refractivity contribution in [2.24, 2.45) is 0 Å². The molecule has 0 radical (unpaired) electrons. The number of carbonyl (C=O) groups is 1. The minimum Gasteiger partial charge on any atom is -0.393 e. The average molecular weight is 840 g/mol. The fourth-order valence-electron chi connectivity index (χ4n) is 7.66. The molecule has 1 rings (SSSR count). The van der Waals surface area contributed by atoms with Crippen molar-refractivity contribution in [2.45, 2.75) is 261 Å². The smallest absolute Gasteiger partial charge is 0.393 e. The fourth-order valence-corrected chi connectivity index (χ4v) is 8.62. The Labute approximate surface area is 345 Å². The summed E-state index contributed by atoms with van der Waals surface area (Å²) < 4.78 is 22.6. The molecule has 1 amide bonds. The molecular weight excluding hydrogens is 753 g/mol. The zero-order chi connectivity index (χ0) is 42.3. The summed E-state index contributed by atoms with van der Waals surface area (Å²) in [6.45, 7) is 3.58. The second-order valence-corrected chi connectivity index (χ2v) is 18.2. The number of hydrogen-bond acceptors (Lipinski definition) is 11. The minimum absolute atomic E-state index is 0.219. The lowest BCUT2D eigenvalue weighted by Gasteiger charge is -2.41. The zero-order valence-electron chi connectivity index (χ0n) is 35.8. The summed E-state index contributed by atoms with van der Waals surface area (Å²) >= 11 is 0. The van der Waals surface area contributed by atoms with Crippen LogP contribution in [-0.4, -0.2) is 108 Å². The Hall–Kier alpha value is -0.700. The van der Waals surface area contributed by atoms with Crippen LogP contribution >= 0.6 is 7.82 Å². The van der Waals surface area contributed by atoms with Crippen LogP contribution in [0.2, 0.25) is 0 Å². The van der Waals surface area contributed by atoms with Crippen LogP contribution in [0.5, 0.6) is 0 Å². The molecule has 1 saturated carbocycles. The van der Waals surface area contributed by atoms with E-state index in [9.17, 15) is 50.0 Å². The van der Waals surface area contributed by atoms with Gasteiger partial charge in [0.05, 0.1) is 31.3 Å². The Bertz CT molecular complexity index is 995. The first-order chi connectivity index (χ1) is 27.3. The fraction of sp³-hybridized carbons (Fsp3) is 0.977. The minimum atomic E-state index is -5.09. The number of amides is 1. The van der Waals surface area contributed by atoms with Gasteiger partial charge in [-0.3, -0.25) is 13.8 Å². The number of unbranched alkanes of at least 4 members (excludes halogenated alkanes) is 25. The summed E-state index contributed by atoms with van der Waals surface area (Å²) in [6.07, 6.45) is 20.3. The molecule has 57 heavy (non-hydrogen) atoms. The Morgan fingerprint density at radius 1 is 0.544 bits per heavy atom. The van der Waals surface area contributed by atoms with E-state index in [0.29, 0.717) is 12.8 Å². The number of phosphoric acid groups is 1. The maximum atomic E-state index is 12.8. The second-order valence-electron chi connectivity index (χ2n) is 16.8. The number of phosphoric ester groups is 1. The first kappa shape index (κ1) is 54.3. The molecule has 14 heteroatoms. The second kappa shape index (κ2) is 34.0. The Morgan fingerprint density at radius 2 is 0.877 bits per heavy atom. The van der Waals surface area contributed by atoms with E-state index in [-0.39, 0.29) is 12.8 Å². The predicted octanol–water partition coefficient (Wildman–Crippen LogP) is 7.26. The zero-order valence-corrected chi connectivity index (χ0v) is 36.7. The van der Waals surface area contributed by atoms with Crippen LogP contribution in [0.1, 0.15) is 206 Å². The van der Waals surface area contributed by atoms with Gasteiger partial charge in [0, 0.05) is 0 Å². The van der Waals surface area contributed by atoms with E-state index < -0.39 is 75.2 Å². The first-order valence-electron chi connectivity index (χ1n) is 23.1. The summed E-state index contributed by atoms with van der Waals surface area (Å²) in [4.78, 5) is 23.1. The van der Waals surface area contributed by atoms with Crippen molar-refractivity contribution in [3.05, 3.63) is 0 Å². The van der Waals surface area contributed by atoms with E-state index in [1.165, 1.54) is 128 Å². The van der Waals surface area contributed by atoms with Gasteiger partial charge in [-0.15, -0.1) is 0 Å². The van der Waals surface area contributed by atoms with Gasteiger partial charge in [0.2, 0.25) is 5.91 Å². The molecule has 8 atom stereocenters. The van der Waals surface area contributed by atoms with E-state index in [0.717, 1.165) is 38.5 Å². The number of aliphatic hydroxyl groups is 7. The molecule has 8 unspecified atom stereocenters. The average Bonchev–Trinajstić information content (AvgIpc) is 3.18. The molecule has 1 aliphatic rings. The highest BCUT2D eigenvalue weighted by molar-refractivity contribution is 7.47. The molecule has 0 spiro atoms. The van der Waals surface area contributed by atoms with Gasteiger partial charge in [0.15, 0.2) is 0 Å². The molecule has 9 N–H and O–H groups in total. The molecule has 0 aromatic carbocycles. The van der Waals surface area contributed by atoms with Gasteiger partial charge in [0.25, 0.3) is 0 Å². The summed E-state index contributed by atoms with van der Waals surface area (Å²) in [7, 11) is -5.09. The van der Waals surface area contributed by atoms with Crippen molar-refractivity contribution in [1.29, 1.82) is 0 Å². The largest absolute Gasteiger partial charge is 0.472 e. The van der Waals surface area contributed by atoms with Gasteiger partial charge in [-0.25, -0.2) is 4.57 Å². The Kier molecular flexibility index (Phi) is 32.4. The van der Waals surface area contributed by atoms with Crippen LogP contribution in [0.15, 0.2) is 0 Å². The molecule has 0 bridgehead atoms. The molecular formula is C43H86NO12P. The molecule has 1 fully saturated rings. The molecule has 340 valence electrons. The van der Waals surface area contributed by atoms with Crippen molar-refractivity contribution in [1.82, 2.24) is 5.32 Å². The van der Waals surface area contributed by atoms with Crippen molar-refractivity contribution in [3.8, 4) is 0 Å². The SMILES string of the molecule is CCCCCCCCCCCCCCCCCCCCCCCCCCC(O)CC(=O)NC(COP(=O)(O)OC1C(O)C(O)C(O)C(O)C1O)C(O)CCCCC. The Morgan fingerprint density at radius 3 is 1.28 bits per heavy atom. The highest BCUT2D eigenvalue weighted by atomic mass is 31.2. The quantitative estimate of drug-likeness (QED) is 0.0221. The third kappa shape index (κ3) is 26.3. The highest BCUT2D eigenvalue weighted by Crippen LogP contribution is 2.47. The molecule has 0 saturated heterocycles. The molecule has 1 aliphatic carbocycles. The maximum absolute atomic E-state index is 12.8. The topological polar surface area (TPSA) is 226 Å². The lowest BCUT2D eigenvalue weighted by atomic mass is 9.85. The number of hydrogen-bond donors (Lipinski definition) is 9. The molecule has 0 aliphatic heterocycles. The van der Waals surface area contributed by atoms with Crippen LogP contribution in [0.4, 0.5) is 0 Å². The van der Waals surface area contributed by atoms with Gasteiger partial charge in [0.1, 0.15) is 36.6 Å². The summed E-state index contributed by atoms with van der Waals surface area (Å²) in [5.41, 5.74) is 0. The van der Waals surface area contributed by atoms with Gasteiger partial charge in [-0.1, -0.05) is 187 Å². The van der Waals surface area contributed by atoms with Crippen LogP contribution in [-0.2, 0) is 18.4 Å². The molecule has 0 heterocycles. The van der Waals surface area contributed by atoms with E-state index in [4.69, 9.17) is 9.05 Å². The van der Waals surface area contributed by atoms with Crippen LogP contribution in [0.25, 0.3) is 0 Å². The van der Waals surface area contributed by atoms with Crippen molar-refractivity contribution < 1.29 is 59.0 Å². The normalized spacial score (nSPS) is 23.9. The summed E-state index contributed by atoms with van der Waals surface area (Å²) in [6, 6.07) is -1.14. The van der Waals surface area contributed by atoms with Gasteiger partial charge in [-0.05, 0) is 12.8 Å². The van der Waals surface area contributed by atoms with E-state index in [2.05, 4.69) is 12.2 Å². The first-order valence-corrected chi connectivity index (χ1v) is 24.6. The van der Waals surface area contributed by atoms with E-state index >= 15 is 0 Å². The van der Waals surface area contributed by atoms with Crippen molar-refractivity contribution in [2.75, 3.05) is 6.61 Å². The lowest BCUT2D eigenvalue weighted by Crippen LogP contribution is -2.64. The summed E-state index contributed by atoms with van der Waals surface area (Å²) in [5.74, 6) is -0.568. The van der Waals surface area contributed by atoms with E-state index in [1.807, 2.05) is 6.92 Å². The Balaban J connectivity index is 2.18. The van der Waals surface area contributed by atoms with Gasteiger partial charge < -0.3 is 46.0 Å². The predicted molar refractivity (Wildman–Crippen MR) is 224 cm³/mol.